The SMILES string of the molecule is COc1cc(CN2CCCC(O)(COc3ccc(Cl)c(Cl)c3)CC2)ccc1OCCn1cccn1. The molecule has 7 nitrogen and oxygen atoms in total. The van der Waals surface area contributed by atoms with E-state index < -0.39 is 5.60 Å². The Balaban J connectivity index is 1.29. The van der Waals surface area contributed by atoms with Gasteiger partial charge in [-0.25, -0.2) is 0 Å². The van der Waals surface area contributed by atoms with Crippen LogP contribution in [0.1, 0.15) is 24.8 Å². The molecule has 2 heterocycles. The van der Waals surface area contributed by atoms with Gasteiger partial charge in [-0.15, -0.1) is 0 Å². The molecule has 0 saturated carbocycles. The zero-order valence-electron chi connectivity index (χ0n) is 19.8. The van der Waals surface area contributed by atoms with E-state index in [1.54, 1.807) is 31.5 Å². The predicted octanol–water partition coefficient (Wildman–Crippen LogP) is 5.07. The number of ether oxygens (including phenoxy) is 3. The van der Waals surface area contributed by atoms with Crippen LogP contribution in [0.5, 0.6) is 17.2 Å². The number of hydrogen-bond donors (Lipinski definition) is 1. The van der Waals surface area contributed by atoms with Gasteiger partial charge in [0.15, 0.2) is 11.5 Å². The smallest absolute Gasteiger partial charge is 0.161 e. The Morgan fingerprint density at radius 2 is 1.91 bits per heavy atom. The van der Waals surface area contributed by atoms with Gasteiger partial charge in [0.25, 0.3) is 0 Å². The van der Waals surface area contributed by atoms with Gasteiger partial charge in [-0.1, -0.05) is 29.3 Å². The molecule has 4 rings (SSSR count). The normalized spacial score (nSPS) is 18.7. The molecule has 3 aromatic rings. The van der Waals surface area contributed by atoms with Crippen molar-refractivity contribution in [2.24, 2.45) is 0 Å². The number of rotatable bonds is 10. The van der Waals surface area contributed by atoms with Crippen LogP contribution in [0.4, 0.5) is 0 Å². The van der Waals surface area contributed by atoms with Gasteiger partial charge in [-0.05, 0) is 61.7 Å². The second kappa shape index (κ2) is 12.0. The number of nitrogens with zero attached hydrogens (tertiary/aromatic N) is 3. The van der Waals surface area contributed by atoms with E-state index in [0.29, 0.717) is 53.3 Å². The van der Waals surface area contributed by atoms with Gasteiger partial charge in [-0.2, -0.15) is 5.10 Å². The van der Waals surface area contributed by atoms with E-state index in [9.17, 15) is 5.11 Å². The molecule has 0 aliphatic carbocycles. The zero-order valence-corrected chi connectivity index (χ0v) is 21.3. The van der Waals surface area contributed by atoms with Crippen molar-refractivity contribution in [2.75, 3.05) is 33.4 Å². The van der Waals surface area contributed by atoms with Crippen LogP contribution in [0.15, 0.2) is 54.9 Å². The Hall–Kier alpha value is -2.45. The lowest BCUT2D eigenvalue weighted by Gasteiger charge is -2.27. The van der Waals surface area contributed by atoms with E-state index in [4.69, 9.17) is 37.4 Å². The minimum atomic E-state index is -0.884. The van der Waals surface area contributed by atoms with Gasteiger partial charge in [0.05, 0.1) is 29.3 Å². The molecule has 1 unspecified atom stereocenters. The molecule has 0 radical (unpaired) electrons. The second-order valence-corrected chi connectivity index (χ2v) is 9.64. The summed E-state index contributed by atoms with van der Waals surface area (Å²) in [4.78, 5) is 2.35. The first-order valence-corrected chi connectivity index (χ1v) is 12.5. The van der Waals surface area contributed by atoms with E-state index in [1.807, 2.05) is 29.1 Å². The molecule has 2 aromatic carbocycles. The maximum absolute atomic E-state index is 11.1. The van der Waals surface area contributed by atoms with Crippen LogP contribution in [0, 0.1) is 0 Å². The highest BCUT2D eigenvalue weighted by molar-refractivity contribution is 6.42. The molecule has 0 amide bonds. The molecule has 1 fully saturated rings. The number of halogens is 2. The summed E-state index contributed by atoms with van der Waals surface area (Å²) in [5, 5.41) is 16.2. The first-order chi connectivity index (χ1) is 16.9. The average molecular weight is 520 g/mol. The van der Waals surface area contributed by atoms with E-state index >= 15 is 0 Å². The molecular weight excluding hydrogens is 489 g/mol. The van der Waals surface area contributed by atoms with Crippen molar-refractivity contribution in [3.8, 4) is 17.2 Å². The van der Waals surface area contributed by atoms with Crippen molar-refractivity contribution in [2.45, 2.75) is 38.0 Å². The minimum absolute atomic E-state index is 0.219. The third kappa shape index (κ3) is 7.27. The lowest BCUT2D eigenvalue weighted by atomic mass is 9.96. The van der Waals surface area contributed by atoms with Crippen LogP contribution >= 0.6 is 23.2 Å². The molecule has 1 aromatic heterocycles. The standard InChI is InChI=1S/C26H31Cl2N3O4/c1-33-25-16-20(4-7-24(25)34-15-14-31-12-3-10-29-31)18-30-11-2-8-26(32,9-13-30)19-35-21-5-6-22(27)23(28)17-21/h3-7,10,12,16-17,32H,2,8-9,11,13-15,18-19H2,1H3. The van der Waals surface area contributed by atoms with Gasteiger partial charge in [0, 0.05) is 31.5 Å². The van der Waals surface area contributed by atoms with Crippen molar-refractivity contribution in [1.29, 1.82) is 0 Å². The van der Waals surface area contributed by atoms with Crippen LogP contribution in [-0.2, 0) is 13.1 Å². The Morgan fingerprint density at radius 1 is 1.03 bits per heavy atom. The molecule has 1 aliphatic rings. The summed E-state index contributed by atoms with van der Waals surface area (Å²) in [6.07, 6.45) is 5.84. The highest BCUT2D eigenvalue weighted by Crippen LogP contribution is 2.31. The Kier molecular flexibility index (Phi) is 8.78. The minimum Gasteiger partial charge on any atom is -0.493 e. The molecule has 1 atom stereocenters. The Bertz CT molecular complexity index is 1100. The fourth-order valence-corrected chi connectivity index (χ4v) is 4.48. The summed E-state index contributed by atoms with van der Waals surface area (Å²) in [5.74, 6) is 2.03. The molecular formula is C26H31Cl2N3O4. The van der Waals surface area contributed by atoms with Crippen LogP contribution in [-0.4, -0.2) is 58.8 Å². The first kappa shape index (κ1) is 25.6. The molecule has 9 heteroatoms. The van der Waals surface area contributed by atoms with Crippen molar-refractivity contribution in [3.05, 3.63) is 70.5 Å². The van der Waals surface area contributed by atoms with Crippen molar-refractivity contribution in [1.82, 2.24) is 14.7 Å². The summed E-state index contributed by atoms with van der Waals surface area (Å²) >= 11 is 12.0. The first-order valence-electron chi connectivity index (χ1n) is 11.7. The van der Waals surface area contributed by atoms with E-state index in [2.05, 4.69) is 16.1 Å². The fraction of sp³-hybridized carbons (Fsp3) is 0.423. The summed E-state index contributed by atoms with van der Waals surface area (Å²) in [6, 6.07) is 13.1. The van der Waals surface area contributed by atoms with Gasteiger partial charge in [-0.3, -0.25) is 9.58 Å². The number of methoxy groups -OCH3 is 1. The topological polar surface area (TPSA) is 69.0 Å². The number of benzene rings is 2. The Morgan fingerprint density at radius 3 is 2.69 bits per heavy atom. The molecule has 1 aliphatic heterocycles. The highest BCUT2D eigenvalue weighted by atomic mass is 35.5. The summed E-state index contributed by atoms with van der Waals surface area (Å²) in [5.41, 5.74) is 0.254. The number of aromatic nitrogens is 2. The van der Waals surface area contributed by atoms with Crippen molar-refractivity contribution in [3.63, 3.8) is 0 Å². The van der Waals surface area contributed by atoms with Crippen molar-refractivity contribution < 1.29 is 19.3 Å². The second-order valence-electron chi connectivity index (χ2n) is 8.82. The van der Waals surface area contributed by atoms with E-state index in [1.165, 1.54) is 0 Å². The maximum Gasteiger partial charge on any atom is 0.161 e. The summed E-state index contributed by atoms with van der Waals surface area (Å²) in [6.45, 7) is 3.84. The largest absolute Gasteiger partial charge is 0.493 e. The molecule has 1 N–H and O–H groups in total. The maximum atomic E-state index is 11.1. The number of likely N-dealkylation sites (tertiary alicyclic amines) is 1. The summed E-state index contributed by atoms with van der Waals surface area (Å²) < 4.78 is 19.2. The van der Waals surface area contributed by atoms with Crippen LogP contribution in [0.3, 0.4) is 0 Å². The molecule has 1 saturated heterocycles. The van der Waals surface area contributed by atoms with Crippen molar-refractivity contribution >= 4 is 23.2 Å². The highest BCUT2D eigenvalue weighted by Gasteiger charge is 2.31. The van der Waals surface area contributed by atoms with E-state index in [-0.39, 0.29) is 6.61 Å². The van der Waals surface area contributed by atoms with Crippen LogP contribution < -0.4 is 14.2 Å². The molecule has 0 bridgehead atoms. The molecule has 35 heavy (non-hydrogen) atoms. The number of hydrogen-bond acceptors (Lipinski definition) is 6. The molecule has 188 valence electrons. The van der Waals surface area contributed by atoms with Crippen LogP contribution in [0.25, 0.3) is 0 Å². The lowest BCUT2D eigenvalue weighted by Crippen LogP contribution is -2.37. The molecule has 0 spiro atoms. The van der Waals surface area contributed by atoms with E-state index in [0.717, 1.165) is 31.6 Å². The lowest BCUT2D eigenvalue weighted by molar-refractivity contribution is -0.0168. The quantitative estimate of drug-likeness (QED) is 0.403. The van der Waals surface area contributed by atoms with Gasteiger partial charge in [0.1, 0.15) is 19.0 Å². The van der Waals surface area contributed by atoms with Gasteiger partial charge >= 0.3 is 0 Å². The predicted molar refractivity (Wildman–Crippen MR) is 137 cm³/mol. The monoisotopic (exact) mass is 519 g/mol. The van der Waals surface area contributed by atoms with Gasteiger partial charge in [0.2, 0.25) is 0 Å². The van der Waals surface area contributed by atoms with Gasteiger partial charge < -0.3 is 19.3 Å². The number of aliphatic hydroxyl groups is 1. The third-order valence-electron chi connectivity index (χ3n) is 6.18. The Labute approximate surface area is 216 Å². The zero-order chi connectivity index (χ0) is 24.7. The summed E-state index contributed by atoms with van der Waals surface area (Å²) in [7, 11) is 1.65. The van der Waals surface area contributed by atoms with Crippen LogP contribution in [0.2, 0.25) is 10.0 Å². The third-order valence-corrected chi connectivity index (χ3v) is 6.92. The average Bonchev–Trinajstić information content (AvgIpc) is 3.30. The fourth-order valence-electron chi connectivity index (χ4n) is 4.19.